The quantitative estimate of drug-likeness (QED) is 0.817. The van der Waals surface area contributed by atoms with Crippen LogP contribution in [0.2, 0.25) is 0 Å². The molecule has 130 valence electrons. The molecule has 0 fully saturated rings. The maximum Gasteiger partial charge on any atom is 0.283 e. The van der Waals surface area contributed by atoms with Crippen LogP contribution in [0.5, 0.6) is 0 Å². The molecule has 0 saturated heterocycles. The van der Waals surface area contributed by atoms with Crippen LogP contribution < -0.4 is 0 Å². The summed E-state index contributed by atoms with van der Waals surface area (Å²) in [5.41, 5.74) is 3.78. The molecule has 0 saturated carbocycles. The summed E-state index contributed by atoms with van der Waals surface area (Å²) in [5, 5.41) is 10.6. The molecule has 2 aliphatic rings. The molecule has 26 heavy (non-hydrogen) atoms. The number of carbonyl (C=O) groups is 1. The van der Waals surface area contributed by atoms with E-state index in [1.54, 1.807) is 34.7 Å². The van der Waals surface area contributed by atoms with Gasteiger partial charge in [-0.25, -0.2) is 4.39 Å². The number of thioether (sulfide) groups is 1. The highest BCUT2D eigenvalue weighted by molar-refractivity contribution is 8.16. The number of amidine groups is 2. The van der Waals surface area contributed by atoms with Crippen molar-refractivity contribution in [2.24, 2.45) is 4.99 Å². The lowest BCUT2D eigenvalue weighted by Gasteiger charge is -2.22. The van der Waals surface area contributed by atoms with Gasteiger partial charge in [-0.2, -0.15) is 4.99 Å². The average molecular weight is 366 g/mol. The molecular formula is C19H15FN4OS. The Morgan fingerprint density at radius 2 is 1.96 bits per heavy atom. The van der Waals surface area contributed by atoms with E-state index in [9.17, 15) is 9.18 Å². The number of aryl methyl sites for hydroxylation is 1. The van der Waals surface area contributed by atoms with Gasteiger partial charge in [0.1, 0.15) is 11.7 Å². The molecule has 1 aromatic heterocycles. The van der Waals surface area contributed by atoms with Gasteiger partial charge in [-0.1, -0.05) is 11.8 Å². The zero-order chi connectivity index (χ0) is 18.4. The maximum absolute atomic E-state index is 13.2. The summed E-state index contributed by atoms with van der Waals surface area (Å²) in [4.78, 5) is 18.0. The maximum atomic E-state index is 13.2. The number of hydrogen-bond donors (Lipinski definition) is 1. The van der Waals surface area contributed by atoms with Crippen molar-refractivity contribution in [3.8, 4) is 5.69 Å². The summed E-state index contributed by atoms with van der Waals surface area (Å²) in [7, 11) is 0. The Hall–Kier alpha value is -2.93. The van der Waals surface area contributed by atoms with Crippen LogP contribution in [0.3, 0.4) is 0 Å². The zero-order valence-electron chi connectivity index (χ0n) is 14.2. The molecule has 5 nitrogen and oxygen atoms in total. The first-order valence-corrected chi connectivity index (χ1v) is 8.85. The monoisotopic (exact) mass is 366 g/mol. The predicted molar refractivity (Wildman–Crippen MR) is 102 cm³/mol. The Kier molecular flexibility index (Phi) is 3.88. The third-order valence-electron chi connectivity index (χ3n) is 4.37. The molecule has 4 rings (SSSR count). The largest absolute Gasteiger partial charge is 0.318 e. The van der Waals surface area contributed by atoms with E-state index in [2.05, 4.69) is 4.99 Å². The van der Waals surface area contributed by atoms with Gasteiger partial charge in [0.15, 0.2) is 5.17 Å². The number of halogens is 1. The summed E-state index contributed by atoms with van der Waals surface area (Å²) < 4.78 is 15.2. The van der Waals surface area contributed by atoms with Crippen molar-refractivity contribution in [3.05, 3.63) is 70.3 Å². The number of carbonyl (C=O) groups excluding carboxylic acids is 1. The smallest absolute Gasteiger partial charge is 0.283 e. The summed E-state index contributed by atoms with van der Waals surface area (Å²) in [5.74, 6) is -0.582. The van der Waals surface area contributed by atoms with Crippen LogP contribution in [-0.2, 0) is 4.79 Å². The SMILES string of the molecule is Cc1cc(/C=C2/C(=N)N3C=CSC3=NC2=O)c(C)n1-c1ccc(F)cc1. The molecule has 1 N–H and O–H groups in total. The van der Waals surface area contributed by atoms with Crippen LogP contribution in [0.1, 0.15) is 17.0 Å². The molecule has 0 aliphatic carbocycles. The van der Waals surface area contributed by atoms with E-state index in [4.69, 9.17) is 5.41 Å². The fourth-order valence-electron chi connectivity index (χ4n) is 3.11. The van der Waals surface area contributed by atoms with Gasteiger partial charge in [0.25, 0.3) is 5.91 Å². The van der Waals surface area contributed by atoms with E-state index in [0.717, 1.165) is 22.6 Å². The van der Waals surface area contributed by atoms with Gasteiger partial charge in [-0.15, -0.1) is 0 Å². The number of amides is 1. The molecule has 1 amide bonds. The highest BCUT2D eigenvalue weighted by Crippen LogP contribution is 2.29. The highest BCUT2D eigenvalue weighted by Gasteiger charge is 2.31. The minimum Gasteiger partial charge on any atom is -0.318 e. The highest BCUT2D eigenvalue weighted by atomic mass is 32.2. The molecular weight excluding hydrogens is 351 g/mol. The van der Waals surface area contributed by atoms with Crippen molar-refractivity contribution in [2.75, 3.05) is 0 Å². The topological polar surface area (TPSA) is 61.5 Å². The van der Waals surface area contributed by atoms with Crippen LogP contribution in [0, 0.1) is 25.1 Å². The van der Waals surface area contributed by atoms with Crippen molar-refractivity contribution in [1.82, 2.24) is 9.47 Å². The molecule has 0 radical (unpaired) electrons. The van der Waals surface area contributed by atoms with Gasteiger partial charge < -0.3 is 4.57 Å². The van der Waals surface area contributed by atoms with Gasteiger partial charge in [-0.3, -0.25) is 15.1 Å². The van der Waals surface area contributed by atoms with E-state index in [0.29, 0.717) is 5.17 Å². The second kappa shape index (κ2) is 6.10. The third kappa shape index (κ3) is 2.61. The van der Waals surface area contributed by atoms with E-state index < -0.39 is 5.91 Å². The fraction of sp³-hybridized carbons (Fsp3) is 0.105. The number of nitrogens with zero attached hydrogens (tertiary/aromatic N) is 3. The van der Waals surface area contributed by atoms with E-state index in [1.807, 2.05) is 24.5 Å². The van der Waals surface area contributed by atoms with E-state index in [1.165, 1.54) is 23.9 Å². The van der Waals surface area contributed by atoms with Crippen LogP contribution in [0.25, 0.3) is 11.8 Å². The molecule has 0 unspecified atom stereocenters. The number of benzene rings is 1. The Morgan fingerprint density at radius 3 is 2.69 bits per heavy atom. The van der Waals surface area contributed by atoms with Crippen molar-refractivity contribution in [3.63, 3.8) is 0 Å². The van der Waals surface area contributed by atoms with Gasteiger partial charge >= 0.3 is 0 Å². The summed E-state index contributed by atoms with van der Waals surface area (Å²) in [6.07, 6.45) is 3.43. The minimum absolute atomic E-state index is 0.118. The normalized spacial score (nSPS) is 17.9. The third-order valence-corrected chi connectivity index (χ3v) is 5.12. The van der Waals surface area contributed by atoms with E-state index >= 15 is 0 Å². The fourth-order valence-corrected chi connectivity index (χ4v) is 3.81. The summed E-state index contributed by atoms with van der Waals surface area (Å²) >= 11 is 1.32. The second-order valence-electron chi connectivity index (χ2n) is 6.02. The average Bonchev–Trinajstić information content (AvgIpc) is 3.17. The van der Waals surface area contributed by atoms with Crippen molar-refractivity contribution < 1.29 is 9.18 Å². The second-order valence-corrected chi connectivity index (χ2v) is 6.89. The zero-order valence-corrected chi connectivity index (χ0v) is 15.0. The molecule has 7 heteroatoms. The van der Waals surface area contributed by atoms with Crippen LogP contribution in [0.15, 0.2) is 52.5 Å². The van der Waals surface area contributed by atoms with Crippen molar-refractivity contribution in [1.29, 1.82) is 5.41 Å². The van der Waals surface area contributed by atoms with E-state index in [-0.39, 0.29) is 17.2 Å². The molecule has 0 atom stereocenters. The Bertz CT molecular complexity index is 1030. The Labute approximate surface area is 154 Å². The molecule has 2 aromatic rings. The number of aliphatic imine (C=N–C) groups is 1. The van der Waals surface area contributed by atoms with Crippen LogP contribution >= 0.6 is 11.8 Å². The standard InChI is InChI=1S/C19H15FN4OS/c1-11-9-13(12(2)24(11)15-5-3-14(20)4-6-15)10-16-17(21)23-7-8-26-19(23)22-18(16)25/h3-10,21H,1-2H3/b16-10-,21-17?. The molecule has 2 aliphatic heterocycles. The van der Waals surface area contributed by atoms with Gasteiger partial charge in [0.2, 0.25) is 0 Å². The first-order valence-electron chi connectivity index (χ1n) is 7.97. The molecule has 0 spiro atoms. The number of hydrogen-bond acceptors (Lipinski definition) is 3. The Balaban J connectivity index is 1.78. The summed E-state index contributed by atoms with van der Waals surface area (Å²) in [6, 6.07) is 8.20. The Morgan fingerprint density at radius 1 is 1.23 bits per heavy atom. The lowest BCUT2D eigenvalue weighted by molar-refractivity contribution is -0.114. The number of rotatable bonds is 2. The first-order chi connectivity index (χ1) is 12.5. The molecule has 1 aromatic carbocycles. The number of aromatic nitrogens is 1. The lowest BCUT2D eigenvalue weighted by Crippen LogP contribution is -2.35. The summed E-state index contributed by atoms with van der Waals surface area (Å²) in [6.45, 7) is 3.88. The number of nitrogens with one attached hydrogen (secondary N) is 1. The minimum atomic E-state index is -0.413. The van der Waals surface area contributed by atoms with Crippen LogP contribution in [-0.4, -0.2) is 26.4 Å². The first kappa shape index (κ1) is 16.5. The van der Waals surface area contributed by atoms with Gasteiger partial charge in [0.05, 0.1) is 5.57 Å². The predicted octanol–water partition coefficient (Wildman–Crippen LogP) is 4.01. The van der Waals surface area contributed by atoms with Crippen LogP contribution in [0.4, 0.5) is 4.39 Å². The van der Waals surface area contributed by atoms with Gasteiger partial charge in [-0.05, 0) is 61.2 Å². The number of fused-ring (bicyclic) bond motifs is 1. The molecule has 0 bridgehead atoms. The van der Waals surface area contributed by atoms with Gasteiger partial charge in [0, 0.05) is 23.3 Å². The lowest BCUT2D eigenvalue weighted by atomic mass is 10.1. The molecule has 3 heterocycles. The van der Waals surface area contributed by atoms with Crippen molar-refractivity contribution >= 4 is 34.7 Å². The van der Waals surface area contributed by atoms with Crippen molar-refractivity contribution in [2.45, 2.75) is 13.8 Å².